The third-order valence-electron chi connectivity index (χ3n) is 4.66. The molecule has 0 radical (unpaired) electrons. The number of nitrogens with zero attached hydrogens (tertiary/aromatic N) is 2. The maximum absolute atomic E-state index is 12.9. The largest absolute Gasteiger partial charge is 0.337 e. The number of nitrogens with one attached hydrogen (secondary N) is 2. The second-order valence-electron chi connectivity index (χ2n) is 6.82. The predicted octanol–water partition coefficient (Wildman–Crippen LogP) is 5.25. The van der Waals surface area contributed by atoms with Gasteiger partial charge < -0.3 is 5.32 Å². The molecule has 0 fully saturated rings. The molecule has 0 atom stereocenters. The van der Waals surface area contributed by atoms with E-state index in [4.69, 9.17) is 18.0 Å². The van der Waals surface area contributed by atoms with E-state index >= 15 is 0 Å². The molecule has 0 unspecified atom stereocenters. The lowest BCUT2D eigenvalue weighted by Gasteiger charge is -2.16. The topological polar surface area (TPSA) is 84.0 Å². The first-order valence-electron chi connectivity index (χ1n) is 9.34. The summed E-state index contributed by atoms with van der Waals surface area (Å²) in [7, 11) is -3.93. The summed E-state index contributed by atoms with van der Waals surface area (Å²) in [4.78, 5) is 9.06. The van der Waals surface area contributed by atoms with Crippen LogP contribution in [-0.4, -0.2) is 18.4 Å². The van der Waals surface area contributed by atoms with Gasteiger partial charge in [0.1, 0.15) is 0 Å². The average molecular weight is 453 g/mol. The van der Waals surface area contributed by atoms with Crippen molar-refractivity contribution in [3.63, 3.8) is 0 Å². The quantitative estimate of drug-likeness (QED) is 0.499. The highest BCUT2D eigenvalue weighted by Crippen LogP contribution is 2.29. The molecule has 0 aliphatic rings. The van der Waals surface area contributed by atoms with Crippen LogP contribution in [0.5, 0.6) is 0 Å². The van der Waals surface area contributed by atoms with Crippen molar-refractivity contribution in [3.8, 4) is 12.3 Å². The average Bonchev–Trinajstić information content (AvgIpc) is 2.72. The molecule has 0 aliphatic carbocycles. The van der Waals surface area contributed by atoms with Crippen molar-refractivity contribution in [1.29, 1.82) is 0 Å². The smallest absolute Gasteiger partial charge is 0.263 e. The summed E-state index contributed by atoms with van der Waals surface area (Å²) in [5, 5.41) is 3.64. The van der Waals surface area contributed by atoms with Crippen LogP contribution >= 0.6 is 11.6 Å². The molecule has 31 heavy (non-hydrogen) atoms. The molecule has 2 N–H and O–H groups in total. The van der Waals surface area contributed by atoms with Gasteiger partial charge in [0.15, 0.2) is 11.6 Å². The van der Waals surface area contributed by atoms with Gasteiger partial charge in [0.05, 0.1) is 16.3 Å². The Balaban J connectivity index is 2.09. The fraction of sp³-hybridized carbons (Fsp3) is 0.130. The lowest BCUT2D eigenvalue weighted by Crippen LogP contribution is -2.17. The van der Waals surface area contributed by atoms with Gasteiger partial charge >= 0.3 is 0 Å². The second-order valence-corrected chi connectivity index (χ2v) is 8.94. The van der Waals surface area contributed by atoms with Crippen molar-refractivity contribution in [2.75, 3.05) is 10.0 Å². The van der Waals surface area contributed by atoms with E-state index < -0.39 is 10.0 Å². The van der Waals surface area contributed by atoms with E-state index in [2.05, 4.69) is 25.9 Å². The van der Waals surface area contributed by atoms with Gasteiger partial charge in [-0.1, -0.05) is 29.7 Å². The van der Waals surface area contributed by atoms with Crippen LogP contribution in [0.2, 0.25) is 5.02 Å². The zero-order valence-corrected chi connectivity index (χ0v) is 18.8. The number of allylic oxidation sites excluding steroid dienone is 1. The maximum Gasteiger partial charge on any atom is 0.263 e. The van der Waals surface area contributed by atoms with Crippen LogP contribution < -0.4 is 10.0 Å². The molecule has 6 nitrogen and oxygen atoms in total. The Labute approximate surface area is 187 Å². The first-order chi connectivity index (χ1) is 14.7. The third-order valence-corrected chi connectivity index (χ3v) is 6.26. The third kappa shape index (κ3) is 5.23. The predicted molar refractivity (Wildman–Crippen MR) is 126 cm³/mol. The van der Waals surface area contributed by atoms with Crippen LogP contribution in [0.3, 0.4) is 0 Å². The highest BCUT2D eigenvalue weighted by molar-refractivity contribution is 7.92. The fourth-order valence-corrected chi connectivity index (χ4v) is 3.92. The minimum Gasteiger partial charge on any atom is -0.337 e. The number of benzene rings is 2. The van der Waals surface area contributed by atoms with Crippen molar-refractivity contribution in [2.24, 2.45) is 0 Å². The minimum absolute atomic E-state index is 0.0534. The molecule has 3 rings (SSSR count). The molecule has 0 bridgehead atoms. The van der Waals surface area contributed by atoms with Gasteiger partial charge in [0.25, 0.3) is 10.0 Å². The molecule has 0 saturated heterocycles. The monoisotopic (exact) mass is 452 g/mol. The lowest BCUT2D eigenvalue weighted by molar-refractivity contribution is 0.601. The Hall–Kier alpha value is -3.34. The summed E-state index contributed by atoms with van der Waals surface area (Å²) in [6.07, 6.45) is 8.38. The summed E-state index contributed by atoms with van der Waals surface area (Å²) in [5.74, 6) is 2.73. The van der Waals surface area contributed by atoms with Crippen LogP contribution in [-0.2, 0) is 10.0 Å². The van der Waals surface area contributed by atoms with Crippen molar-refractivity contribution in [3.05, 3.63) is 76.1 Å². The summed E-state index contributed by atoms with van der Waals surface area (Å²) in [6.45, 7) is 5.74. The number of hydrogen-bond acceptors (Lipinski definition) is 5. The molecule has 3 aromatic rings. The van der Waals surface area contributed by atoms with Crippen LogP contribution in [0.1, 0.15) is 22.5 Å². The SMILES string of the molecule is C#C/C=C\c1nc(NS(=O)(=O)c2ccc(Cl)cc2)c(Nc2cccc(C)c2C)nc1C. The Morgan fingerprint density at radius 2 is 1.74 bits per heavy atom. The van der Waals surface area contributed by atoms with E-state index in [1.54, 1.807) is 13.0 Å². The first kappa shape index (κ1) is 22.3. The Morgan fingerprint density at radius 1 is 1.03 bits per heavy atom. The van der Waals surface area contributed by atoms with Crippen molar-refractivity contribution in [1.82, 2.24) is 9.97 Å². The highest BCUT2D eigenvalue weighted by Gasteiger charge is 2.20. The molecule has 2 aromatic carbocycles. The Kier molecular flexibility index (Phi) is 6.64. The number of aryl methyl sites for hydroxylation is 2. The Morgan fingerprint density at radius 3 is 2.42 bits per heavy atom. The summed E-state index contributed by atoms with van der Waals surface area (Å²) < 4.78 is 28.4. The van der Waals surface area contributed by atoms with Crippen molar-refractivity contribution in [2.45, 2.75) is 25.7 Å². The summed E-state index contributed by atoms with van der Waals surface area (Å²) in [5.41, 5.74) is 3.95. The van der Waals surface area contributed by atoms with E-state index in [-0.39, 0.29) is 16.5 Å². The number of terminal acetylenes is 1. The van der Waals surface area contributed by atoms with Gasteiger partial charge in [-0.05, 0) is 74.4 Å². The number of rotatable bonds is 6. The minimum atomic E-state index is -3.93. The Bertz CT molecular complexity index is 1290. The van der Waals surface area contributed by atoms with Crippen molar-refractivity contribution >= 4 is 45.0 Å². The van der Waals surface area contributed by atoms with Gasteiger partial charge in [0.2, 0.25) is 0 Å². The molecule has 0 aliphatic heterocycles. The summed E-state index contributed by atoms with van der Waals surface area (Å²) >= 11 is 5.88. The molecule has 0 spiro atoms. The van der Waals surface area contributed by atoms with E-state index in [1.165, 1.54) is 30.3 Å². The molecule has 0 saturated carbocycles. The lowest BCUT2D eigenvalue weighted by atomic mass is 10.1. The van der Waals surface area contributed by atoms with Gasteiger partial charge in [-0.25, -0.2) is 18.4 Å². The zero-order valence-electron chi connectivity index (χ0n) is 17.3. The van der Waals surface area contributed by atoms with Crippen LogP contribution in [0.4, 0.5) is 17.3 Å². The number of sulfonamides is 1. The normalized spacial score (nSPS) is 11.3. The first-order valence-corrected chi connectivity index (χ1v) is 11.2. The highest BCUT2D eigenvalue weighted by atomic mass is 35.5. The van der Waals surface area contributed by atoms with E-state index in [0.717, 1.165) is 16.8 Å². The van der Waals surface area contributed by atoms with Crippen LogP contribution in [0, 0.1) is 33.1 Å². The van der Waals surface area contributed by atoms with Gasteiger partial charge in [-0.15, -0.1) is 6.42 Å². The van der Waals surface area contributed by atoms with Gasteiger partial charge in [0, 0.05) is 10.7 Å². The summed E-state index contributed by atoms with van der Waals surface area (Å²) in [6, 6.07) is 11.7. The number of halogens is 1. The standard InChI is InChI=1S/C23H21ClN4O2S/c1-5-6-9-21-17(4)25-22(26-20-10-7-8-15(2)16(20)3)23(27-21)28-31(29,30)19-13-11-18(24)12-14-19/h1,6-14H,2-4H3,(H,25,26)(H,27,28)/b9-6-. The molecular weight excluding hydrogens is 432 g/mol. The molecular formula is C23H21ClN4O2S. The zero-order chi connectivity index (χ0) is 22.6. The van der Waals surface area contributed by atoms with Crippen LogP contribution in [0.25, 0.3) is 6.08 Å². The molecule has 8 heteroatoms. The van der Waals surface area contributed by atoms with Crippen LogP contribution in [0.15, 0.2) is 53.4 Å². The molecule has 0 amide bonds. The second kappa shape index (κ2) is 9.21. The number of hydrogen-bond donors (Lipinski definition) is 2. The van der Waals surface area contributed by atoms with E-state index in [1.807, 2.05) is 32.0 Å². The van der Waals surface area contributed by atoms with E-state index in [0.29, 0.717) is 16.4 Å². The van der Waals surface area contributed by atoms with Gasteiger partial charge in [-0.3, -0.25) is 4.72 Å². The van der Waals surface area contributed by atoms with Crippen molar-refractivity contribution < 1.29 is 8.42 Å². The van der Waals surface area contributed by atoms with Gasteiger partial charge in [-0.2, -0.15) is 0 Å². The molecule has 1 aromatic heterocycles. The fourth-order valence-electron chi connectivity index (χ4n) is 2.79. The molecule has 158 valence electrons. The number of aromatic nitrogens is 2. The maximum atomic E-state index is 12.9. The number of anilines is 3. The van der Waals surface area contributed by atoms with E-state index in [9.17, 15) is 8.42 Å². The molecule has 1 heterocycles.